The van der Waals surface area contributed by atoms with E-state index >= 15 is 0 Å². The average molecular weight is 474 g/mol. The van der Waals surface area contributed by atoms with Gasteiger partial charge in [0.15, 0.2) is 5.16 Å². The van der Waals surface area contributed by atoms with Crippen LogP contribution < -0.4 is 5.56 Å². The molecule has 1 atom stereocenters. The van der Waals surface area contributed by atoms with E-state index in [-0.39, 0.29) is 11.7 Å². The van der Waals surface area contributed by atoms with Crippen LogP contribution in [0.4, 0.5) is 0 Å². The number of rotatable bonds is 6. The van der Waals surface area contributed by atoms with Gasteiger partial charge >= 0.3 is 0 Å². The van der Waals surface area contributed by atoms with Crippen LogP contribution in [0, 0.1) is 0 Å². The smallest absolute Gasteiger partial charge is 0.262 e. The first-order valence-corrected chi connectivity index (χ1v) is 11.6. The predicted molar refractivity (Wildman–Crippen MR) is 122 cm³/mol. The lowest BCUT2D eigenvalue weighted by molar-refractivity contribution is -0.0187. The summed E-state index contributed by atoms with van der Waals surface area (Å²) in [5, 5.41) is 1.41. The van der Waals surface area contributed by atoms with Crippen molar-refractivity contribution in [1.82, 2.24) is 14.5 Å². The highest BCUT2D eigenvalue weighted by molar-refractivity contribution is 9.10. The maximum atomic E-state index is 12.9. The quantitative estimate of drug-likeness (QED) is 0.397. The summed E-state index contributed by atoms with van der Waals surface area (Å²) in [6, 6.07) is 16.2. The second-order valence-corrected chi connectivity index (χ2v) is 9.03. The summed E-state index contributed by atoms with van der Waals surface area (Å²) in [7, 11) is 0. The fourth-order valence-electron chi connectivity index (χ4n) is 3.60. The van der Waals surface area contributed by atoms with Crippen LogP contribution >= 0.6 is 27.7 Å². The normalized spacial score (nSPS) is 17.7. The molecular weight excluding hydrogens is 450 g/mol. The number of aromatic nitrogens is 2. The van der Waals surface area contributed by atoms with Gasteiger partial charge in [0.05, 0.1) is 23.6 Å². The SMILES string of the molecule is CCn1c(SC[C@@H]2CN(Cc3ccccc3)CCO2)nc2ccc(Br)cc2c1=O. The number of halogens is 1. The van der Waals surface area contributed by atoms with Crippen molar-refractivity contribution in [2.75, 3.05) is 25.4 Å². The second-order valence-electron chi connectivity index (χ2n) is 7.13. The summed E-state index contributed by atoms with van der Waals surface area (Å²) in [5.74, 6) is 0.778. The summed E-state index contributed by atoms with van der Waals surface area (Å²) >= 11 is 5.05. The van der Waals surface area contributed by atoms with Crippen molar-refractivity contribution in [2.24, 2.45) is 0 Å². The van der Waals surface area contributed by atoms with E-state index in [4.69, 9.17) is 9.72 Å². The Bertz CT molecular complexity index is 1040. The molecule has 1 fully saturated rings. The van der Waals surface area contributed by atoms with Crippen molar-refractivity contribution >= 4 is 38.6 Å². The Balaban J connectivity index is 1.46. The van der Waals surface area contributed by atoms with Crippen molar-refractivity contribution in [3.63, 3.8) is 0 Å². The highest BCUT2D eigenvalue weighted by Gasteiger charge is 2.22. The fourth-order valence-corrected chi connectivity index (χ4v) is 5.02. The van der Waals surface area contributed by atoms with Gasteiger partial charge in [0.2, 0.25) is 0 Å². The lowest BCUT2D eigenvalue weighted by Gasteiger charge is -2.32. The minimum Gasteiger partial charge on any atom is -0.375 e. The first-order valence-electron chi connectivity index (χ1n) is 9.85. The summed E-state index contributed by atoms with van der Waals surface area (Å²) in [4.78, 5) is 20.1. The molecule has 1 saturated heterocycles. The van der Waals surface area contributed by atoms with E-state index in [1.165, 1.54) is 5.56 Å². The predicted octanol–water partition coefficient (Wildman–Crippen LogP) is 4.17. The van der Waals surface area contributed by atoms with E-state index in [9.17, 15) is 4.79 Å². The molecule has 2 heterocycles. The van der Waals surface area contributed by atoms with Crippen LogP contribution in [-0.2, 0) is 17.8 Å². The zero-order valence-corrected chi connectivity index (χ0v) is 18.8. The molecule has 5 nitrogen and oxygen atoms in total. The molecule has 29 heavy (non-hydrogen) atoms. The van der Waals surface area contributed by atoms with Gasteiger partial charge in [0.1, 0.15) is 0 Å². The van der Waals surface area contributed by atoms with E-state index in [2.05, 4.69) is 45.1 Å². The first-order chi connectivity index (χ1) is 14.1. The lowest BCUT2D eigenvalue weighted by Crippen LogP contribution is -2.43. The zero-order valence-electron chi connectivity index (χ0n) is 16.4. The van der Waals surface area contributed by atoms with Gasteiger partial charge in [-0.1, -0.05) is 58.0 Å². The Hall–Kier alpha value is -1.67. The molecule has 3 aromatic rings. The third kappa shape index (κ3) is 4.91. The first kappa shape index (κ1) is 20.6. The van der Waals surface area contributed by atoms with Gasteiger partial charge in [0.25, 0.3) is 5.56 Å². The van der Waals surface area contributed by atoms with Crippen molar-refractivity contribution in [1.29, 1.82) is 0 Å². The molecule has 0 spiro atoms. The molecule has 4 rings (SSSR count). The largest absolute Gasteiger partial charge is 0.375 e. The van der Waals surface area contributed by atoms with Gasteiger partial charge in [-0.3, -0.25) is 14.3 Å². The molecular formula is C22H24BrN3O2S. The van der Waals surface area contributed by atoms with Crippen molar-refractivity contribution in [3.05, 3.63) is 68.9 Å². The Morgan fingerprint density at radius 2 is 2.07 bits per heavy atom. The molecule has 0 amide bonds. The molecule has 0 saturated carbocycles. The van der Waals surface area contributed by atoms with Crippen molar-refractivity contribution in [2.45, 2.75) is 31.3 Å². The Morgan fingerprint density at radius 3 is 2.86 bits per heavy atom. The fraction of sp³-hybridized carbons (Fsp3) is 0.364. The van der Waals surface area contributed by atoms with Gasteiger partial charge < -0.3 is 4.74 Å². The lowest BCUT2D eigenvalue weighted by atomic mass is 10.2. The maximum absolute atomic E-state index is 12.9. The molecule has 7 heteroatoms. The molecule has 2 aromatic carbocycles. The second kappa shape index (κ2) is 9.43. The molecule has 0 radical (unpaired) electrons. The van der Waals surface area contributed by atoms with E-state index in [1.807, 2.05) is 31.2 Å². The number of morpholine rings is 1. The van der Waals surface area contributed by atoms with E-state index in [0.29, 0.717) is 11.9 Å². The van der Waals surface area contributed by atoms with Crippen LogP contribution in [0.15, 0.2) is 63.0 Å². The summed E-state index contributed by atoms with van der Waals surface area (Å²) in [5.41, 5.74) is 2.07. The third-order valence-corrected chi connectivity index (χ3v) is 6.67. The monoisotopic (exact) mass is 473 g/mol. The molecule has 0 aliphatic carbocycles. The Labute approximate surface area is 183 Å². The minimum absolute atomic E-state index is 0.0107. The molecule has 1 aliphatic heterocycles. The highest BCUT2D eigenvalue weighted by Crippen LogP contribution is 2.23. The number of hydrogen-bond donors (Lipinski definition) is 0. The van der Waals surface area contributed by atoms with Gasteiger partial charge in [-0.05, 0) is 30.7 Å². The molecule has 1 aromatic heterocycles. The number of thioether (sulfide) groups is 1. The van der Waals surface area contributed by atoms with Crippen LogP contribution in [0.5, 0.6) is 0 Å². The Morgan fingerprint density at radius 1 is 1.24 bits per heavy atom. The zero-order chi connectivity index (χ0) is 20.2. The van der Waals surface area contributed by atoms with Gasteiger partial charge in [0, 0.05) is 36.4 Å². The standard InChI is InChI=1S/C22H24BrN3O2S/c1-2-26-21(27)19-12-17(23)8-9-20(19)24-22(26)29-15-18-14-25(10-11-28-18)13-16-6-4-3-5-7-16/h3-9,12,18H,2,10-11,13-15H2,1H3/t18-/m0/s1. The number of ether oxygens (including phenoxy) is 1. The molecule has 0 bridgehead atoms. The van der Waals surface area contributed by atoms with Crippen LogP contribution in [0.1, 0.15) is 12.5 Å². The summed E-state index contributed by atoms with van der Waals surface area (Å²) in [6.07, 6.45) is 0.125. The van der Waals surface area contributed by atoms with Crippen LogP contribution in [0.25, 0.3) is 10.9 Å². The van der Waals surface area contributed by atoms with Crippen LogP contribution in [-0.4, -0.2) is 46.0 Å². The number of hydrogen-bond acceptors (Lipinski definition) is 5. The van der Waals surface area contributed by atoms with Gasteiger partial charge in [-0.25, -0.2) is 4.98 Å². The highest BCUT2D eigenvalue weighted by atomic mass is 79.9. The van der Waals surface area contributed by atoms with E-state index in [1.54, 1.807) is 16.3 Å². The maximum Gasteiger partial charge on any atom is 0.262 e. The number of benzene rings is 2. The summed E-state index contributed by atoms with van der Waals surface area (Å²) < 4.78 is 8.63. The van der Waals surface area contributed by atoms with Gasteiger partial charge in [-0.15, -0.1) is 0 Å². The number of nitrogens with zero attached hydrogens (tertiary/aromatic N) is 3. The van der Waals surface area contributed by atoms with Crippen molar-refractivity contribution in [3.8, 4) is 0 Å². The Kier molecular flexibility index (Phi) is 6.70. The molecule has 0 N–H and O–H groups in total. The molecule has 1 aliphatic rings. The van der Waals surface area contributed by atoms with Crippen LogP contribution in [0.3, 0.4) is 0 Å². The van der Waals surface area contributed by atoms with E-state index < -0.39 is 0 Å². The summed E-state index contributed by atoms with van der Waals surface area (Å²) in [6.45, 7) is 6.08. The van der Waals surface area contributed by atoms with E-state index in [0.717, 1.165) is 47.1 Å². The molecule has 0 unspecified atom stereocenters. The van der Waals surface area contributed by atoms with Crippen molar-refractivity contribution < 1.29 is 4.74 Å². The molecule has 152 valence electrons. The van der Waals surface area contributed by atoms with Gasteiger partial charge in [-0.2, -0.15) is 0 Å². The minimum atomic E-state index is 0.0107. The average Bonchev–Trinajstić information content (AvgIpc) is 2.74. The topological polar surface area (TPSA) is 47.4 Å². The van der Waals surface area contributed by atoms with Crippen LogP contribution in [0.2, 0.25) is 0 Å². The number of fused-ring (bicyclic) bond motifs is 1. The third-order valence-electron chi connectivity index (χ3n) is 5.07.